The number of aliphatic hydroxyl groups excluding tert-OH is 1. The number of allylic oxidation sites excluding steroid dienone is 2. The zero-order chi connectivity index (χ0) is 25.1. The number of carbonyl (C=O) groups is 2. The number of fused-ring (bicyclic) bond motifs is 7. The van der Waals surface area contributed by atoms with Gasteiger partial charge >= 0.3 is 0 Å². The largest absolute Gasteiger partial charge is 0.393 e. The number of hydrogen-bond acceptors (Lipinski definition) is 3. The lowest BCUT2D eigenvalue weighted by Crippen LogP contribution is -2.68. The number of hydrogen-bond donors (Lipinski definition) is 1. The molecule has 0 heterocycles. The Balaban J connectivity index is 1.66. The maximum Gasteiger partial charge on any atom is 0.160 e. The Morgan fingerprint density at radius 1 is 0.882 bits per heavy atom. The first-order chi connectivity index (χ1) is 15.6. The van der Waals surface area contributed by atoms with Crippen molar-refractivity contribution in [3.63, 3.8) is 0 Å². The molecule has 5 aliphatic rings. The summed E-state index contributed by atoms with van der Waals surface area (Å²) in [7, 11) is 0. The third kappa shape index (κ3) is 2.59. The van der Waals surface area contributed by atoms with E-state index in [1.54, 1.807) is 0 Å². The molecule has 0 saturated heterocycles. The minimum absolute atomic E-state index is 0.0412. The number of Topliss-reactive ketones (excluding diaryl/α,β-unsaturated/α-hetero) is 1. The molecule has 0 aromatic carbocycles. The Bertz CT molecular complexity index is 960. The molecule has 4 fully saturated rings. The van der Waals surface area contributed by atoms with Crippen LogP contribution in [0.2, 0.25) is 0 Å². The van der Waals surface area contributed by atoms with Crippen LogP contribution in [-0.4, -0.2) is 23.3 Å². The molecule has 0 spiro atoms. The summed E-state index contributed by atoms with van der Waals surface area (Å²) in [4.78, 5) is 26.0. The molecular weight excluding hydrogens is 420 g/mol. The maximum atomic E-state index is 13.3. The second-order valence-corrected chi connectivity index (χ2v) is 15.0. The second kappa shape index (κ2) is 7.08. The predicted molar refractivity (Wildman–Crippen MR) is 136 cm³/mol. The maximum absolute atomic E-state index is 13.3. The van der Waals surface area contributed by atoms with Crippen molar-refractivity contribution in [1.29, 1.82) is 0 Å². The first-order valence-corrected chi connectivity index (χ1v) is 14.1. The predicted octanol–water partition coefficient (Wildman–Crippen LogP) is 6.92. The summed E-state index contributed by atoms with van der Waals surface area (Å²) >= 11 is 0. The zero-order valence-electron chi connectivity index (χ0n) is 23.0. The summed E-state index contributed by atoms with van der Waals surface area (Å²) in [6.07, 6.45) is 9.85. The Hall–Kier alpha value is -0.960. The van der Waals surface area contributed by atoms with E-state index >= 15 is 0 Å². The van der Waals surface area contributed by atoms with Crippen LogP contribution in [-0.2, 0) is 9.59 Å². The van der Waals surface area contributed by atoms with Crippen molar-refractivity contribution in [2.24, 2.45) is 50.2 Å². The van der Waals surface area contributed by atoms with Crippen molar-refractivity contribution in [1.82, 2.24) is 0 Å². The van der Waals surface area contributed by atoms with Gasteiger partial charge in [0.1, 0.15) is 6.29 Å². The molecule has 4 saturated carbocycles. The number of carbonyl (C=O) groups excluding carboxylic acids is 2. The number of aldehydes is 1. The van der Waals surface area contributed by atoms with Crippen LogP contribution < -0.4 is 0 Å². The summed E-state index contributed by atoms with van der Waals surface area (Å²) in [5.74, 6) is 1.56. The van der Waals surface area contributed by atoms with E-state index in [0.29, 0.717) is 18.3 Å². The van der Waals surface area contributed by atoms with Crippen LogP contribution in [0.3, 0.4) is 0 Å². The minimum Gasteiger partial charge on any atom is -0.393 e. The number of rotatable bonds is 2. The first kappa shape index (κ1) is 24.7. The molecule has 190 valence electrons. The summed E-state index contributed by atoms with van der Waals surface area (Å²) in [5.41, 5.74) is 1.98. The molecule has 3 heteroatoms. The fourth-order valence-electron chi connectivity index (χ4n) is 11.3. The quantitative estimate of drug-likeness (QED) is 0.448. The van der Waals surface area contributed by atoms with Crippen molar-refractivity contribution in [2.45, 2.75) is 119 Å². The Kier molecular flexibility index (Phi) is 5.15. The summed E-state index contributed by atoms with van der Waals surface area (Å²) in [6.45, 7) is 19.0. The van der Waals surface area contributed by atoms with E-state index in [9.17, 15) is 14.7 Å². The van der Waals surface area contributed by atoms with E-state index in [1.165, 1.54) is 24.8 Å². The molecule has 0 aliphatic heterocycles. The second-order valence-electron chi connectivity index (χ2n) is 15.0. The van der Waals surface area contributed by atoms with E-state index in [2.05, 4.69) is 55.4 Å². The number of aliphatic hydroxyl groups is 1. The van der Waals surface area contributed by atoms with Crippen LogP contribution in [0, 0.1) is 50.2 Å². The smallest absolute Gasteiger partial charge is 0.160 e. The third-order valence-electron chi connectivity index (χ3n) is 13.4. The minimum atomic E-state index is -0.563. The molecular formula is C31H48O3. The molecule has 0 aromatic rings. The number of ketones is 1. The highest BCUT2D eigenvalue weighted by atomic mass is 16.3. The molecule has 0 bridgehead atoms. The summed E-state index contributed by atoms with van der Waals surface area (Å²) < 4.78 is 0. The van der Waals surface area contributed by atoms with Gasteiger partial charge in [0, 0.05) is 6.42 Å². The normalized spacial score (nSPS) is 52.1. The average Bonchev–Trinajstić information content (AvgIpc) is 3.07. The van der Waals surface area contributed by atoms with Crippen molar-refractivity contribution in [3.05, 3.63) is 11.1 Å². The van der Waals surface area contributed by atoms with Gasteiger partial charge in [-0.05, 0) is 107 Å². The molecule has 3 nitrogen and oxygen atoms in total. The highest BCUT2D eigenvalue weighted by Crippen LogP contribution is 2.79. The van der Waals surface area contributed by atoms with Gasteiger partial charge < -0.3 is 9.90 Å². The summed E-state index contributed by atoms with van der Waals surface area (Å²) in [5, 5.41) is 10.9. The Morgan fingerprint density at radius 3 is 2.15 bits per heavy atom. The van der Waals surface area contributed by atoms with E-state index < -0.39 is 5.41 Å². The van der Waals surface area contributed by atoms with Crippen LogP contribution in [0.25, 0.3) is 0 Å². The highest BCUT2D eigenvalue weighted by Gasteiger charge is 2.73. The van der Waals surface area contributed by atoms with Gasteiger partial charge in [-0.25, -0.2) is 0 Å². The standard InChI is InChI=1S/C31H48O3/c1-19(2)24-20(33)17-31(18-32)16-15-30(8)28(6)13-9-21-26(3,4)23(34)11-12-27(21,5)22(28)10-14-29(30,7)25(24)31/h18-19,21-23,34H,9-17H2,1-8H3/t21-,22-,23+,27+,28-,29-,30+,31+/m1/s1. The van der Waals surface area contributed by atoms with Gasteiger partial charge in [0.05, 0.1) is 11.5 Å². The van der Waals surface area contributed by atoms with E-state index in [0.717, 1.165) is 44.0 Å². The molecule has 0 unspecified atom stereocenters. The van der Waals surface area contributed by atoms with Crippen molar-refractivity contribution in [2.75, 3.05) is 0 Å². The van der Waals surface area contributed by atoms with Gasteiger partial charge in [-0.3, -0.25) is 4.79 Å². The molecule has 0 radical (unpaired) electrons. The first-order valence-electron chi connectivity index (χ1n) is 14.1. The molecule has 1 N–H and O–H groups in total. The lowest BCUT2D eigenvalue weighted by Gasteiger charge is -2.74. The van der Waals surface area contributed by atoms with Crippen molar-refractivity contribution >= 4 is 12.1 Å². The van der Waals surface area contributed by atoms with Crippen LogP contribution in [0.4, 0.5) is 0 Å². The van der Waals surface area contributed by atoms with Crippen LogP contribution >= 0.6 is 0 Å². The van der Waals surface area contributed by atoms with Gasteiger partial charge in [-0.2, -0.15) is 0 Å². The molecule has 8 atom stereocenters. The fourth-order valence-corrected chi connectivity index (χ4v) is 11.3. The van der Waals surface area contributed by atoms with Crippen molar-refractivity contribution in [3.8, 4) is 0 Å². The van der Waals surface area contributed by atoms with Gasteiger partial charge in [-0.15, -0.1) is 0 Å². The van der Waals surface area contributed by atoms with Gasteiger partial charge in [0.2, 0.25) is 0 Å². The van der Waals surface area contributed by atoms with Gasteiger partial charge in [0.25, 0.3) is 0 Å². The Morgan fingerprint density at radius 2 is 1.53 bits per heavy atom. The zero-order valence-corrected chi connectivity index (χ0v) is 23.0. The lowest BCUT2D eigenvalue weighted by atomic mass is 9.30. The molecule has 0 aromatic heterocycles. The SMILES string of the molecule is CC(C)C1=C2[C@@](C=O)(CC[C@]3(C)[C@]2(C)CC[C@@H]2[C@@]4(C)CC[C@H](O)C(C)(C)[C@H]4CC[C@]23C)CC1=O. The van der Waals surface area contributed by atoms with E-state index in [1.807, 2.05) is 0 Å². The molecule has 34 heavy (non-hydrogen) atoms. The molecule has 5 aliphatic carbocycles. The topological polar surface area (TPSA) is 54.4 Å². The fraction of sp³-hybridized carbons (Fsp3) is 0.871. The highest BCUT2D eigenvalue weighted by molar-refractivity contribution is 6.04. The third-order valence-corrected chi connectivity index (χ3v) is 13.4. The van der Waals surface area contributed by atoms with Crippen LogP contribution in [0.1, 0.15) is 113 Å². The monoisotopic (exact) mass is 468 g/mol. The van der Waals surface area contributed by atoms with Crippen LogP contribution in [0.5, 0.6) is 0 Å². The van der Waals surface area contributed by atoms with Crippen LogP contribution in [0.15, 0.2) is 11.1 Å². The van der Waals surface area contributed by atoms with Gasteiger partial charge in [0.15, 0.2) is 5.78 Å². The molecule has 0 amide bonds. The summed E-state index contributed by atoms with van der Waals surface area (Å²) in [6, 6.07) is 0. The van der Waals surface area contributed by atoms with Gasteiger partial charge in [-0.1, -0.05) is 55.4 Å². The van der Waals surface area contributed by atoms with Crippen molar-refractivity contribution < 1.29 is 14.7 Å². The lowest BCUT2D eigenvalue weighted by molar-refractivity contribution is -0.245. The molecule has 5 rings (SSSR count). The van der Waals surface area contributed by atoms with E-state index in [4.69, 9.17) is 0 Å². The van der Waals surface area contributed by atoms with E-state index in [-0.39, 0.29) is 44.9 Å². The average molecular weight is 469 g/mol. The Labute approximate surface area is 207 Å².